The van der Waals surface area contributed by atoms with Crippen molar-refractivity contribution in [3.05, 3.63) is 66.5 Å². The molecule has 0 saturated heterocycles. The number of aromatic nitrogens is 5. The van der Waals surface area contributed by atoms with Gasteiger partial charge in [-0.05, 0) is 36.4 Å². The molecule has 0 atom stereocenters. The van der Waals surface area contributed by atoms with Crippen LogP contribution in [0, 0.1) is 11.3 Å². The topological polar surface area (TPSA) is 89.5 Å². The minimum absolute atomic E-state index is 0.419. The van der Waals surface area contributed by atoms with Crippen LogP contribution in [0.1, 0.15) is 11.4 Å². The van der Waals surface area contributed by atoms with Gasteiger partial charge in [-0.1, -0.05) is 0 Å². The molecule has 0 radical (unpaired) electrons. The van der Waals surface area contributed by atoms with Crippen molar-refractivity contribution in [3.8, 4) is 23.1 Å². The van der Waals surface area contributed by atoms with E-state index in [9.17, 15) is 5.26 Å². The van der Waals surface area contributed by atoms with Gasteiger partial charge in [0.05, 0.1) is 31.2 Å². The van der Waals surface area contributed by atoms with Gasteiger partial charge in [-0.25, -0.2) is 19.9 Å². The SMILES string of the molecule is COc1ccc(-c2nc(Cn3cnc4cccnc43)ncc2C#N)cc1. The van der Waals surface area contributed by atoms with E-state index < -0.39 is 0 Å². The van der Waals surface area contributed by atoms with E-state index >= 15 is 0 Å². The molecule has 7 nitrogen and oxygen atoms in total. The quantitative estimate of drug-likeness (QED) is 0.566. The second-order valence-corrected chi connectivity index (χ2v) is 5.61. The lowest BCUT2D eigenvalue weighted by atomic mass is 10.1. The molecule has 3 aromatic heterocycles. The fraction of sp³-hybridized carbons (Fsp3) is 0.105. The maximum atomic E-state index is 9.39. The number of fused-ring (bicyclic) bond motifs is 1. The number of hydrogen-bond donors (Lipinski definition) is 0. The third-order valence-electron chi connectivity index (χ3n) is 4.01. The fourth-order valence-corrected chi connectivity index (χ4v) is 2.71. The van der Waals surface area contributed by atoms with Crippen LogP contribution < -0.4 is 4.74 Å². The largest absolute Gasteiger partial charge is 0.497 e. The summed E-state index contributed by atoms with van der Waals surface area (Å²) in [6.07, 6.45) is 4.99. The van der Waals surface area contributed by atoms with Gasteiger partial charge in [-0.3, -0.25) is 0 Å². The Morgan fingerprint density at radius 1 is 1.12 bits per heavy atom. The number of rotatable bonds is 4. The Morgan fingerprint density at radius 2 is 1.96 bits per heavy atom. The smallest absolute Gasteiger partial charge is 0.160 e. The lowest BCUT2D eigenvalue weighted by Gasteiger charge is -2.08. The Labute approximate surface area is 149 Å². The Hall–Kier alpha value is -3.79. The molecule has 0 unspecified atom stereocenters. The van der Waals surface area contributed by atoms with E-state index in [2.05, 4.69) is 26.0 Å². The molecule has 4 aromatic rings. The predicted octanol–water partition coefficient (Wildman–Crippen LogP) is 2.82. The molecule has 0 spiro atoms. The van der Waals surface area contributed by atoms with Crippen molar-refractivity contribution in [3.63, 3.8) is 0 Å². The number of pyridine rings is 1. The Morgan fingerprint density at radius 3 is 2.73 bits per heavy atom. The molecule has 0 aliphatic carbocycles. The van der Waals surface area contributed by atoms with Crippen LogP contribution in [0.15, 0.2) is 55.1 Å². The van der Waals surface area contributed by atoms with Gasteiger partial charge in [0.1, 0.15) is 23.2 Å². The second-order valence-electron chi connectivity index (χ2n) is 5.61. The zero-order chi connectivity index (χ0) is 17.9. The van der Waals surface area contributed by atoms with Crippen molar-refractivity contribution in [1.29, 1.82) is 5.26 Å². The maximum absolute atomic E-state index is 9.39. The van der Waals surface area contributed by atoms with Crippen LogP contribution in [0.3, 0.4) is 0 Å². The van der Waals surface area contributed by atoms with E-state index in [1.165, 1.54) is 0 Å². The summed E-state index contributed by atoms with van der Waals surface area (Å²) in [5, 5.41) is 9.39. The first-order valence-corrected chi connectivity index (χ1v) is 7.95. The third kappa shape index (κ3) is 2.84. The van der Waals surface area contributed by atoms with Crippen molar-refractivity contribution in [2.45, 2.75) is 6.54 Å². The molecule has 26 heavy (non-hydrogen) atoms. The van der Waals surface area contributed by atoms with Crippen LogP contribution >= 0.6 is 0 Å². The van der Waals surface area contributed by atoms with Gasteiger partial charge in [-0.15, -0.1) is 0 Å². The summed E-state index contributed by atoms with van der Waals surface area (Å²) in [6.45, 7) is 0.419. The number of nitriles is 1. The number of hydrogen-bond acceptors (Lipinski definition) is 6. The number of methoxy groups -OCH3 is 1. The van der Waals surface area contributed by atoms with Gasteiger partial charge in [0.15, 0.2) is 5.65 Å². The fourth-order valence-electron chi connectivity index (χ4n) is 2.71. The summed E-state index contributed by atoms with van der Waals surface area (Å²) in [5.74, 6) is 1.33. The third-order valence-corrected chi connectivity index (χ3v) is 4.01. The van der Waals surface area contributed by atoms with E-state index in [-0.39, 0.29) is 0 Å². The minimum atomic E-state index is 0.419. The molecule has 4 rings (SSSR count). The highest BCUT2D eigenvalue weighted by Crippen LogP contribution is 2.23. The van der Waals surface area contributed by atoms with Gasteiger partial charge in [0.25, 0.3) is 0 Å². The second kappa shape index (κ2) is 6.61. The molecule has 0 bridgehead atoms. The standard InChI is InChI=1S/C19H14N6O/c1-26-15-6-4-13(5-7-15)18-14(9-20)10-22-17(24-18)11-25-12-23-16-3-2-8-21-19(16)25/h2-8,10,12H,11H2,1H3. The zero-order valence-electron chi connectivity index (χ0n) is 14.0. The van der Waals surface area contributed by atoms with Crippen molar-refractivity contribution in [2.24, 2.45) is 0 Å². The molecule has 126 valence electrons. The van der Waals surface area contributed by atoms with E-state index in [1.807, 2.05) is 41.0 Å². The average molecular weight is 342 g/mol. The highest BCUT2D eigenvalue weighted by atomic mass is 16.5. The van der Waals surface area contributed by atoms with Gasteiger partial charge >= 0.3 is 0 Å². The summed E-state index contributed by atoms with van der Waals surface area (Å²) >= 11 is 0. The normalized spacial score (nSPS) is 10.6. The molecular formula is C19H14N6O. The Bertz CT molecular complexity index is 1110. The molecular weight excluding hydrogens is 328 g/mol. The van der Waals surface area contributed by atoms with Crippen LogP contribution in [0.2, 0.25) is 0 Å². The van der Waals surface area contributed by atoms with Crippen LogP contribution in [-0.2, 0) is 6.54 Å². The summed E-state index contributed by atoms with van der Waals surface area (Å²) in [7, 11) is 1.61. The monoisotopic (exact) mass is 342 g/mol. The van der Waals surface area contributed by atoms with Gasteiger partial charge in [0, 0.05) is 18.0 Å². The van der Waals surface area contributed by atoms with E-state index in [4.69, 9.17) is 4.74 Å². The van der Waals surface area contributed by atoms with Crippen molar-refractivity contribution < 1.29 is 4.74 Å². The van der Waals surface area contributed by atoms with E-state index in [0.29, 0.717) is 23.6 Å². The summed E-state index contributed by atoms with van der Waals surface area (Å²) in [5.41, 5.74) is 3.44. The number of ether oxygens (including phenoxy) is 1. The number of imidazole rings is 1. The molecule has 0 amide bonds. The highest BCUT2D eigenvalue weighted by molar-refractivity contribution is 5.70. The van der Waals surface area contributed by atoms with E-state index in [0.717, 1.165) is 22.5 Å². The molecule has 0 N–H and O–H groups in total. The van der Waals surface area contributed by atoms with Crippen LogP contribution in [0.25, 0.3) is 22.4 Å². The molecule has 0 saturated carbocycles. The van der Waals surface area contributed by atoms with Crippen LogP contribution in [0.4, 0.5) is 0 Å². The lowest BCUT2D eigenvalue weighted by molar-refractivity contribution is 0.415. The van der Waals surface area contributed by atoms with Crippen molar-refractivity contribution >= 4 is 11.2 Å². The Kier molecular flexibility index (Phi) is 4.00. The number of benzene rings is 1. The molecule has 0 aliphatic heterocycles. The number of nitrogens with zero attached hydrogens (tertiary/aromatic N) is 6. The highest BCUT2D eigenvalue weighted by Gasteiger charge is 2.11. The minimum Gasteiger partial charge on any atom is -0.497 e. The lowest BCUT2D eigenvalue weighted by Crippen LogP contribution is -2.06. The maximum Gasteiger partial charge on any atom is 0.160 e. The first-order chi connectivity index (χ1) is 12.8. The predicted molar refractivity (Wildman–Crippen MR) is 95.4 cm³/mol. The van der Waals surface area contributed by atoms with Crippen LogP contribution in [0.5, 0.6) is 5.75 Å². The van der Waals surface area contributed by atoms with Crippen molar-refractivity contribution in [1.82, 2.24) is 24.5 Å². The molecule has 1 aromatic carbocycles. The van der Waals surface area contributed by atoms with Crippen molar-refractivity contribution in [2.75, 3.05) is 7.11 Å². The molecule has 0 fully saturated rings. The molecule has 7 heteroatoms. The van der Waals surface area contributed by atoms with Gasteiger partial charge in [-0.2, -0.15) is 5.26 Å². The van der Waals surface area contributed by atoms with E-state index in [1.54, 1.807) is 25.8 Å². The Balaban J connectivity index is 1.73. The van der Waals surface area contributed by atoms with Crippen LogP contribution in [-0.4, -0.2) is 31.6 Å². The summed E-state index contributed by atoms with van der Waals surface area (Å²) in [6, 6.07) is 13.3. The zero-order valence-corrected chi connectivity index (χ0v) is 14.0. The summed E-state index contributed by atoms with van der Waals surface area (Å²) < 4.78 is 7.06. The average Bonchev–Trinajstić information content (AvgIpc) is 3.11. The van der Waals surface area contributed by atoms with Gasteiger partial charge < -0.3 is 9.30 Å². The molecule has 3 heterocycles. The first kappa shape index (κ1) is 15.7. The summed E-state index contributed by atoms with van der Waals surface area (Å²) in [4.78, 5) is 17.6. The molecule has 0 aliphatic rings. The van der Waals surface area contributed by atoms with Gasteiger partial charge in [0.2, 0.25) is 0 Å². The first-order valence-electron chi connectivity index (χ1n) is 7.95.